The van der Waals surface area contributed by atoms with Gasteiger partial charge in [0.2, 0.25) is 0 Å². The van der Waals surface area contributed by atoms with E-state index in [4.69, 9.17) is 39.5 Å². The molecule has 0 aliphatic heterocycles. The van der Waals surface area contributed by atoms with Gasteiger partial charge in [0.05, 0.1) is 22.2 Å². The van der Waals surface area contributed by atoms with Crippen LogP contribution >= 0.6 is 34.8 Å². The van der Waals surface area contributed by atoms with Crippen LogP contribution in [0.1, 0.15) is 5.56 Å². The van der Waals surface area contributed by atoms with Crippen molar-refractivity contribution < 1.29 is 14.6 Å². The topological polar surface area (TPSA) is 82.3 Å². The van der Waals surface area contributed by atoms with Crippen molar-refractivity contribution in [3.8, 4) is 17.6 Å². The number of methoxy groups -OCH3 is 1. The predicted octanol–water partition coefficient (Wildman–Crippen LogP) is 4.91. The molecule has 2 rings (SSSR count). The van der Waals surface area contributed by atoms with E-state index in [2.05, 4.69) is 5.32 Å². The van der Waals surface area contributed by atoms with Gasteiger partial charge in [0, 0.05) is 5.69 Å². The first-order valence-electron chi connectivity index (χ1n) is 6.80. The number of hydrogen-bond donors (Lipinski definition) is 2. The lowest BCUT2D eigenvalue weighted by molar-refractivity contribution is -0.112. The van der Waals surface area contributed by atoms with E-state index in [1.165, 1.54) is 37.5 Å². The molecule has 0 aliphatic carbocycles. The molecule has 1 amide bonds. The summed E-state index contributed by atoms with van der Waals surface area (Å²) >= 11 is 17.6. The Kier molecular flexibility index (Phi) is 6.16. The van der Waals surface area contributed by atoms with Crippen LogP contribution in [-0.2, 0) is 4.79 Å². The third-order valence-corrected chi connectivity index (χ3v) is 4.15. The summed E-state index contributed by atoms with van der Waals surface area (Å²) < 4.78 is 4.99. The number of hydrogen-bond acceptors (Lipinski definition) is 4. The summed E-state index contributed by atoms with van der Waals surface area (Å²) in [6, 6.07) is 9.22. The number of aromatic hydroxyl groups is 1. The third-order valence-electron chi connectivity index (χ3n) is 3.12. The standard InChI is InChI=1S/C17H11Cl3N2O3/c1-25-15-6-9(5-14(20)16(15)23)4-10(8-21)17(24)22-11-2-3-12(18)13(19)7-11/h2-7,23H,1H3,(H,22,24)/b10-4+. The van der Waals surface area contributed by atoms with Gasteiger partial charge >= 0.3 is 0 Å². The van der Waals surface area contributed by atoms with Crippen LogP contribution in [-0.4, -0.2) is 18.1 Å². The third kappa shape index (κ3) is 4.58. The highest BCUT2D eigenvalue weighted by atomic mass is 35.5. The maximum absolute atomic E-state index is 12.3. The van der Waals surface area contributed by atoms with Gasteiger partial charge in [-0.25, -0.2) is 0 Å². The largest absolute Gasteiger partial charge is 0.503 e. The first-order chi connectivity index (χ1) is 11.8. The number of phenols is 1. The van der Waals surface area contributed by atoms with Crippen LogP contribution in [0.15, 0.2) is 35.9 Å². The number of carbonyl (C=O) groups excluding carboxylic acids is 1. The Hall–Kier alpha value is -2.39. The van der Waals surface area contributed by atoms with E-state index in [0.29, 0.717) is 16.3 Å². The number of halogens is 3. The Labute approximate surface area is 159 Å². The molecule has 5 nitrogen and oxygen atoms in total. The molecule has 0 saturated heterocycles. The Balaban J connectivity index is 2.31. The second-order valence-electron chi connectivity index (χ2n) is 4.81. The molecule has 0 spiro atoms. The number of amides is 1. The van der Waals surface area contributed by atoms with Gasteiger partial charge in [-0.3, -0.25) is 4.79 Å². The molecule has 0 saturated carbocycles. The Morgan fingerprint density at radius 2 is 1.92 bits per heavy atom. The molecule has 0 unspecified atom stereocenters. The Morgan fingerprint density at radius 3 is 2.52 bits per heavy atom. The molecule has 0 heterocycles. The van der Waals surface area contributed by atoms with E-state index in [1.807, 2.05) is 6.07 Å². The fourth-order valence-electron chi connectivity index (χ4n) is 1.92. The summed E-state index contributed by atoms with van der Waals surface area (Å²) in [5, 5.41) is 22.2. The van der Waals surface area contributed by atoms with E-state index >= 15 is 0 Å². The van der Waals surface area contributed by atoms with Crippen LogP contribution in [0.4, 0.5) is 5.69 Å². The molecular weight excluding hydrogens is 387 g/mol. The first-order valence-corrected chi connectivity index (χ1v) is 7.93. The molecular formula is C17H11Cl3N2O3. The second-order valence-corrected chi connectivity index (χ2v) is 6.03. The van der Waals surface area contributed by atoms with Crippen molar-refractivity contribution in [1.29, 1.82) is 5.26 Å². The van der Waals surface area contributed by atoms with Crippen molar-refractivity contribution in [1.82, 2.24) is 0 Å². The van der Waals surface area contributed by atoms with Gasteiger partial charge in [0.1, 0.15) is 11.6 Å². The summed E-state index contributed by atoms with van der Waals surface area (Å²) in [6.45, 7) is 0. The molecule has 0 radical (unpaired) electrons. The SMILES string of the molecule is COc1cc(/C=C(\C#N)C(=O)Nc2ccc(Cl)c(Cl)c2)cc(Cl)c1O. The van der Waals surface area contributed by atoms with Crippen LogP contribution in [0.3, 0.4) is 0 Å². The smallest absolute Gasteiger partial charge is 0.266 e. The molecule has 8 heteroatoms. The van der Waals surface area contributed by atoms with Gasteiger partial charge in [-0.05, 0) is 42.0 Å². The number of rotatable bonds is 4. The number of nitriles is 1. The fraction of sp³-hybridized carbons (Fsp3) is 0.0588. The van der Waals surface area contributed by atoms with E-state index in [0.717, 1.165) is 0 Å². The van der Waals surface area contributed by atoms with Crippen molar-refractivity contribution in [2.24, 2.45) is 0 Å². The number of carbonyl (C=O) groups is 1. The minimum atomic E-state index is -0.635. The average molecular weight is 398 g/mol. The number of ether oxygens (including phenoxy) is 1. The highest BCUT2D eigenvalue weighted by Gasteiger charge is 2.13. The van der Waals surface area contributed by atoms with E-state index in [9.17, 15) is 15.2 Å². The summed E-state index contributed by atoms with van der Waals surface area (Å²) in [7, 11) is 1.36. The van der Waals surface area contributed by atoms with Crippen molar-refractivity contribution in [2.75, 3.05) is 12.4 Å². The van der Waals surface area contributed by atoms with Gasteiger partial charge in [-0.1, -0.05) is 34.8 Å². The maximum Gasteiger partial charge on any atom is 0.266 e. The highest BCUT2D eigenvalue weighted by Crippen LogP contribution is 2.35. The summed E-state index contributed by atoms with van der Waals surface area (Å²) in [5.74, 6) is -0.731. The fourth-order valence-corrected chi connectivity index (χ4v) is 2.44. The number of phenolic OH excluding ortho intramolecular Hbond substituents is 1. The van der Waals surface area contributed by atoms with Crippen molar-refractivity contribution >= 4 is 52.5 Å². The van der Waals surface area contributed by atoms with E-state index in [1.54, 1.807) is 6.07 Å². The molecule has 0 bridgehead atoms. The second kappa shape index (κ2) is 8.13. The number of anilines is 1. The molecule has 0 atom stereocenters. The lowest BCUT2D eigenvalue weighted by atomic mass is 10.1. The van der Waals surface area contributed by atoms with E-state index < -0.39 is 5.91 Å². The van der Waals surface area contributed by atoms with Gasteiger partial charge in [0.25, 0.3) is 5.91 Å². The van der Waals surface area contributed by atoms with Gasteiger partial charge in [-0.2, -0.15) is 5.26 Å². The normalized spacial score (nSPS) is 10.9. The predicted molar refractivity (Wildman–Crippen MR) is 98.4 cm³/mol. The van der Waals surface area contributed by atoms with Crippen LogP contribution in [0.2, 0.25) is 15.1 Å². The average Bonchev–Trinajstić information content (AvgIpc) is 2.58. The zero-order valence-corrected chi connectivity index (χ0v) is 15.1. The first kappa shape index (κ1) is 18.9. The molecule has 2 aromatic rings. The molecule has 25 heavy (non-hydrogen) atoms. The molecule has 0 fully saturated rings. The number of benzene rings is 2. The summed E-state index contributed by atoms with van der Waals surface area (Å²) in [4.78, 5) is 12.3. The molecule has 2 aromatic carbocycles. The quantitative estimate of drug-likeness (QED) is 0.567. The monoisotopic (exact) mass is 396 g/mol. The molecule has 0 aliphatic rings. The van der Waals surface area contributed by atoms with E-state index in [-0.39, 0.29) is 27.1 Å². The minimum Gasteiger partial charge on any atom is -0.503 e. The maximum atomic E-state index is 12.3. The summed E-state index contributed by atoms with van der Waals surface area (Å²) in [6.07, 6.45) is 1.32. The molecule has 2 N–H and O–H groups in total. The van der Waals surface area contributed by atoms with Crippen LogP contribution < -0.4 is 10.1 Å². The zero-order valence-electron chi connectivity index (χ0n) is 12.8. The lowest BCUT2D eigenvalue weighted by Crippen LogP contribution is -2.13. The van der Waals surface area contributed by atoms with Crippen molar-refractivity contribution in [3.05, 3.63) is 56.5 Å². The lowest BCUT2D eigenvalue weighted by Gasteiger charge is -2.08. The molecule has 128 valence electrons. The Bertz CT molecular complexity index is 905. The number of nitrogens with one attached hydrogen (secondary N) is 1. The zero-order chi connectivity index (χ0) is 18.6. The summed E-state index contributed by atoms with van der Waals surface area (Å²) in [5.41, 5.74) is 0.636. The number of nitrogens with zero attached hydrogens (tertiary/aromatic N) is 1. The van der Waals surface area contributed by atoms with Crippen LogP contribution in [0.25, 0.3) is 6.08 Å². The van der Waals surface area contributed by atoms with Gasteiger partial charge in [0.15, 0.2) is 11.5 Å². The van der Waals surface area contributed by atoms with Crippen molar-refractivity contribution in [3.63, 3.8) is 0 Å². The molecule has 0 aromatic heterocycles. The minimum absolute atomic E-state index is 0.0350. The van der Waals surface area contributed by atoms with Crippen molar-refractivity contribution in [2.45, 2.75) is 0 Å². The van der Waals surface area contributed by atoms with Gasteiger partial charge in [-0.15, -0.1) is 0 Å². The van der Waals surface area contributed by atoms with Gasteiger partial charge < -0.3 is 15.2 Å². The van der Waals surface area contributed by atoms with Crippen LogP contribution in [0.5, 0.6) is 11.5 Å². The van der Waals surface area contributed by atoms with Crippen LogP contribution in [0, 0.1) is 11.3 Å². The highest BCUT2D eigenvalue weighted by molar-refractivity contribution is 6.42. The Morgan fingerprint density at radius 1 is 1.20 bits per heavy atom.